The summed E-state index contributed by atoms with van der Waals surface area (Å²) in [7, 11) is 3.02. The lowest BCUT2D eigenvalue weighted by molar-refractivity contribution is -0.156. The zero-order valence-corrected chi connectivity index (χ0v) is 15.5. The van der Waals surface area contributed by atoms with E-state index in [1.807, 2.05) is 0 Å². The summed E-state index contributed by atoms with van der Waals surface area (Å²) in [6.07, 6.45) is -0.846. The second-order valence-corrected chi connectivity index (χ2v) is 6.63. The highest BCUT2D eigenvalue weighted by Crippen LogP contribution is 2.36. The number of aromatic nitrogens is 4. The standard InChI is InChI=1S/C15H15ClN4O5S/c1-22-11-5-9(12(23-2)3-7(11)16)20-15(26)19(17-18-20)8-4-10(21)14-24-6-13(8)25-14/h3,5,8,13-14H,4,6H2,1-2H3/t8-,13-,14-/m0/s1. The molecule has 0 radical (unpaired) electrons. The molecule has 3 atom stereocenters. The number of methoxy groups -OCH3 is 2. The van der Waals surface area contributed by atoms with Crippen molar-refractivity contribution >= 4 is 29.6 Å². The fraction of sp³-hybridized carbons (Fsp3) is 0.467. The Kier molecular flexibility index (Phi) is 4.43. The van der Waals surface area contributed by atoms with Gasteiger partial charge in [0.1, 0.15) is 23.3 Å². The van der Waals surface area contributed by atoms with Gasteiger partial charge in [0.15, 0.2) is 5.78 Å². The highest BCUT2D eigenvalue weighted by atomic mass is 35.5. The van der Waals surface area contributed by atoms with Crippen molar-refractivity contribution in [1.82, 2.24) is 19.8 Å². The molecule has 4 rings (SSSR count). The fourth-order valence-corrected chi connectivity index (χ4v) is 3.63. The molecule has 138 valence electrons. The molecule has 9 nitrogen and oxygen atoms in total. The number of fused-ring (bicyclic) bond motifs is 2. The Morgan fingerprint density at radius 1 is 1.27 bits per heavy atom. The Hall–Kier alpha value is -2.01. The molecule has 2 aliphatic rings. The van der Waals surface area contributed by atoms with Gasteiger partial charge in [-0.1, -0.05) is 11.6 Å². The van der Waals surface area contributed by atoms with E-state index < -0.39 is 6.29 Å². The molecule has 2 aromatic rings. The zero-order chi connectivity index (χ0) is 18.4. The van der Waals surface area contributed by atoms with E-state index in [-0.39, 0.29) is 24.3 Å². The van der Waals surface area contributed by atoms with E-state index in [1.54, 1.807) is 12.1 Å². The van der Waals surface area contributed by atoms with Crippen LogP contribution in [0.1, 0.15) is 12.5 Å². The molecule has 3 heterocycles. The SMILES string of the molecule is COc1cc(-n2nnn([C@H]3CC(=O)[C@H]4OC[C@@H]3O4)c2=S)c(OC)cc1Cl. The smallest absolute Gasteiger partial charge is 0.221 e. The second kappa shape index (κ2) is 6.62. The van der Waals surface area contributed by atoms with Gasteiger partial charge in [-0.25, -0.2) is 4.68 Å². The summed E-state index contributed by atoms with van der Waals surface area (Å²) in [5.74, 6) is 0.771. The van der Waals surface area contributed by atoms with Crippen LogP contribution < -0.4 is 9.47 Å². The summed E-state index contributed by atoms with van der Waals surface area (Å²) >= 11 is 11.7. The van der Waals surface area contributed by atoms with Gasteiger partial charge in [-0.2, -0.15) is 4.68 Å². The van der Waals surface area contributed by atoms with Crippen LogP contribution in [0.25, 0.3) is 5.69 Å². The van der Waals surface area contributed by atoms with E-state index in [0.717, 1.165) is 0 Å². The van der Waals surface area contributed by atoms with Crippen LogP contribution in [0.5, 0.6) is 11.5 Å². The summed E-state index contributed by atoms with van der Waals surface area (Å²) < 4.78 is 24.7. The number of nitrogens with zero attached hydrogens (tertiary/aromatic N) is 4. The maximum atomic E-state index is 12.0. The first-order chi connectivity index (χ1) is 12.5. The molecule has 2 fully saturated rings. The number of Topliss-reactive ketones (excluding diaryl/α,β-unsaturated/α-hetero) is 1. The van der Waals surface area contributed by atoms with Gasteiger partial charge in [-0.3, -0.25) is 4.79 Å². The van der Waals surface area contributed by atoms with Gasteiger partial charge < -0.3 is 18.9 Å². The molecule has 2 bridgehead atoms. The third-order valence-electron chi connectivity index (χ3n) is 4.41. The van der Waals surface area contributed by atoms with Gasteiger partial charge in [0, 0.05) is 18.6 Å². The van der Waals surface area contributed by atoms with Crippen LogP contribution in [0, 0.1) is 4.77 Å². The summed E-state index contributed by atoms with van der Waals surface area (Å²) in [5, 5.41) is 8.65. The Balaban J connectivity index is 1.77. The van der Waals surface area contributed by atoms with Crippen molar-refractivity contribution < 1.29 is 23.7 Å². The van der Waals surface area contributed by atoms with Gasteiger partial charge in [-0.05, 0) is 22.6 Å². The Morgan fingerprint density at radius 3 is 2.77 bits per heavy atom. The van der Waals surface area contributed by atoms with Crippen LogP contribution in [-0.4, -0.2) is 58.8 Å². The number of hydrogen-bond acceptors (Lipinski definition) is 8. The van der Waals surface area contributed by atoms with Crippen LogP contribution in [0.15, 0.2) is 12.1 Å². The minimum absolute atomic E-state index is 0.133. The highest BCUT2D eigenvalue weighted by molar-refractivity contribution is 7.71. The van der Waals surface area contributed by atoms with Crippen LogP contribution in [-0.2, 0) is 14.3 Å². The van der Waals surface area contributed by atoms with Crippen LogP contribution >= 0.6 is 23.8 Å². The van der Waals surface area contributed by atoms with Gasteiger partial charge >= 0.3 is 0 Å². The zero-order valence-electron chi connectivity index (χ0n) is 13.9. The van der Waals surface area contributed by atoms with Crippen molar-refractivity contribution in [1.29, 1.82) is 0 Å². The first-order valence-corrected chi connectivity index (χ1v) is 8.58. The minimum atomic E-state index is -0.777. The molecule has 26 heavy (non-hydrogen) atoms. The van der Waals surface area contributed by atoms with Crippen molar-refractivity contribution in [2.75, 3.05) is 20.8 Å². The predicted molar refractivity (Wildman–Crippen MR) is 91.6 cm³/mol. The summed E-state index contributed by atoms with van der Waals surface area (Å²) in [4.78, 5) is 12.0. The first kappa shape index (κ1) is 17.4. The Bertz CT molecular complexity index is 929. The van der Waals surface area contributed by atoms with Gasteiger partial charge in [-0.15, -0.1) is 0 Å². The fourth-order valence-electron chi connectivity index (χ4n) is 3.09. The van der Waals surface area contributed by atoms with Crippen molar-refractivity contribution in [2.45, 2.75) is 24.9 Å². The molecule has 0 saturated carbocycles. The van der Waals surface area contributed by atoms with E-state index >= 15 is 0 Å². The number of ether oxygens (including phenoxy) is 4. The molecular formula is C15H15ClN4O5S. The third kappa shape index (κ3) is 2.69. The maximum Gasteiger partial charge on any atom is 0.221 e. The van der Waals surface area contributed by atoms with Gasteiger partial charge in [0.05, 0.1) is 31.9 Å². The van der Waals surface area contributed by atoms with E-state index in [9.17, 15) is 4.79 Å². The number of hydrogen-bond donors (Lipinski definition) is 0. The predicted octanol–water partition coefficient (Wildman–Crippen LogP) is 1.72. The van der Waals surface area contributed by atoms with Crippen molar-refractivity contribution in [2.24, 2.45) is 0 Å². The van der Waals surface area contributed by atoms with E-state index in [4.69, 9.17) is 42.8 Å². The molecule has 1 aromatic heterocycles. The van der Waals surface area contributed by atoms with Crippen molar-refractivity contribution in [3.8, 4) is 17.2 Å². The third-order valence-corrected chi connectivity index (χ3v) is 5.07. The van der Waals surface area contributed by atoms with E-state index in [2.05, 4.69) is 10.4 Å². The maximum absolute atomic E-state index is 12.0. The number of tetrazole rings is 1. The Labute approximate surface area is 158 Å². The average Bonchev–Trinajstić information content (AvgIpc) is 3.23. The van der Waals surface area contributed by atoms with E-state index in [0.29, 0.717) is 33.6 Å². The monoisotopic (exact) mass is 398 g/mol. The molecule has 0 N–H and O–H groups in total. The molecule has 2 aliphatic heterocycles. The number of carbonyl (C=O) groups is 1. The number of benzene rings is 1. The molecule has 1 aromatic carbocycles. The normalized spacial score (nSPS) is 24.7. The topological polar surface area (TPSA) is 89.6 Å². The van der Waals surface area contributed by atoms with Gasteiger partial charge in [0.2, 0.25) is 11.1 Å². The van der Waals surface area contributed by atoms with Crippen LogP contribution in [0.4, 0.5) is 0 Å². The van der Waals surface area contributed by atoms with Crippen molar-refractivity contribution in [3.63, 3.8) is 0 Å². The highest BCUT2D eigenvalue weighted by Gasteiger charge is 2.45. The molecule has 11 heteroatoms. The minimum Gasteiger partial charge on any atom is -0.495 e. The molecule has 0 spiro atoms. The molecule has 2 saturated heterocycles. The van der Waals surface area contributed by atoms with Crippen LogP contribution in [0.3, 0.4) is 0 Å². The lowest BCUT2D eigenvalue weighted by Crippen LogP contribution is -2.37. The number of rotatable bonds is 4. The number of carbonyl (C=O) groups excluding carboxylic acids is 1. The average molecular weight is 399 g/mol. The lowest BCUT2D eigenvalue weighted by Gasteiger charge is -2.25. The second-order valence-electron chi connectivity index (χ2n) is 5.85. The van der Waals surface area contributed by atoms with Crippen molar-refractivity contribution in [3.05, 3.63) is 21.9 Å². The summed E-state index contributed by atoms with van der Waals surface area (Å²) in [5.41, 5.74) is 0.522. The quantitative estimate of drug-likeness (QED) is 0.719. The molecule has 0 unspecified atom stereocenters. The largest absolute Gasteiger partial charge is 0.495 e. The molecular weight excluding hydrogens is 384 g/mol. The molecule has 0 amide bonds. The lowest BCUT2D eigenvalue weighted by atomic mass is 10.0. The summed E-state index contributed by atoms with van der Waals surface area (Å²) in [6, 6.07) is 2.90. The number of ketones is 1. The summed E-state index contributed by atoms with van der Waals surface area (Å²) in [6.45, 7) is 0.313. The van der Waals surface area contributed by atoms with Gasteiger partial charge in [0.25, 0.3) is 0 Å². The molecule has 0 aliphatic carbocycles. The van der Waals surface area contributed by atoms with Crippen LogP contribution in [0.2, 0.25) is 5.02 Å². The first-order valence-electron chi connectivity index (χ1n) is 7.79. The number of halogens is 1. The van der Waals surface area contributed by atoms with E-state index in [1.165, 1.54) is 23.6 Å². The Morgan fingerprint density at radius 2 is 2.04 bits per heavy atom.